The minimum absolute atomic E-state index is 0.592. The molecule has 1 N–H and O–H groups in total. The summed E-state index contributed by atoms with van der Waals surface area (Å²) in [6.07, 6.45) is 2.48. The molecule has 0 saturated heterocycles. The largest absolute Gasteiger partial charge is 0.373 e. The number of anilines is 2. The highest BCUT2D eigenvalue weighted by atomic mass is 15.2. The number of aromatic nitrogens is 2. The van der Waals surface area contributed by atoms with Gasteiger partial charge in [0, 0.05) is 32.1 Å². The summed E-state index contributed by atoms with van der Waals surface area (Å²) in [5.41, 5.74) is 0. The summed E-state index contributed by atoms with van der Waals surface area (Å²) in [7, 11) is 1.92. The molecule has 0 radical (unpaired) electrons. The fraction of sp³-hybridized carbons (Fsp3) is 0.714. The lowest BCUT2D eigenvalue weighted by Crippen LogP contribution is -2.28. The van der Waals surface area contributed by atoms with E-state index in [4.69, 9.17) is 4.98 Å². The Labute approximate surface area is 110 Å². The van der Waals surface area contributed by atoms with Crippen LogP contribution < -0.4 is 10.2 Å². The van der Waals surface area contributed by atoms with Crippen molar-refractivity contribution < 1.29 is 0 Å². The van der Waals surface area contributed by atoms with Crippen LogP contribution in [0.1, 0.15) is 45.4 Å². The van der Waals surface area contributed by atoms with Gasteiger partial charge in [-0.1, -0.05) is 13.8 Å². The average molecular weight is 248 g/mol. The molecule has 0 amide bonds. The molecule has 0 atom stereocenters. The van der Waals surface area contributed by atoms with Gasteiger partial charge < -0.3 is 10.2 Å². The molecular formula is C14H24N4. The van der Waals surface area contributed by atoms with E-state index < -0.39 is 0 Å². The molecule has 1 aliphatic carbocycles. The van der Waals surface area contributed by atoms with Gasteiger partial charge in [0.15, 0.2) is 0 Å². The highest BCUT2D eigenvalue weighted by Gasteiger charge is 2.27. The van der Waals surface area contributed by atoms with Crippen LogP contribution >= 0.6 is 0 Å². The van der Waals surface area contributed by atoms with E-state index in [9.17, 15) is 0 Å². The maximum Gasteiger partial charge on any atom is 0.136 e. The number of hydrogen-bond acceptors (Lipinski definition) is 4. The van der Waals surface area contributed by atoms with Crippen LogP contribution in [0.2, 0.25) is 0 Å². The van der Waals surface area contributed by atoms with Crippen LogP contribution in [0.5, 0.6) is 0 Å². The first-order valence-electron chi connectivity index (χ1n) is 6.95. The molecule has 1 aromatic heterocycles. The molecule has 1 saturated carbocycles. The highest BCUT2D eigenvalue weighted by Crippen LogP contribution is 2.39. The molecule has 4 heteroatoms. The normalized spacial score (nSPS) is 14.9. The van der Waals surface area contributed by atoms with Gasteiger partial charge in [-0.3, -0.25) is 0 Å². The second-order valence-electron chi connectivity index (χ2n) is 5.43. The zero-order chi connectivity index (χ0) is 13.1. The monoisotopic (exact) mass is 248 g/mol. The Balaban J connectivity index is 2.26. The quantitative estimate of drug-likeness (QED) is 0.840. The molecule has 0 bridgehead atoms. The summed E-state index contributed by atoms with van der Waals surface area (Å²) < 4.78 is 0. The van der Waals surface area contributed by atoms with Gasteiger partial charge in [-0.25, -0.2) is 9.97 Å². The van der Waals surface area contributed by atoms with Crippen molar-refractivity contribution in [3.05, 3.63) is 11.9 Å². The molecule has 1 heterocycles. The molecule has 0 aromatic carbocycles. The second-order valence-corrected chi connectivity index (χ2v) is 5.43. The molecule has 0 spiro atoms. The van der Waals surface area contributed by atoms with Crippen LogP contribution in [0.3, 0.4) is 0 Å². The zero-order valence-electron chi connectivity index (χ0n) is 11.9. The molecule has 1 aliphatic rings. The lowest BCUT2D eigenvalue weighted by molar-refractivity contribution is 0.613. The minimum atomic E-state index is 0.592. The van der Waals surface area contributed by atoms with E-state index in [-0.39, 0.29) is 0 Å². The first-order chi connectivity index (χ1) is 8.63. The number of nitrogens with zero attached hydrogens (tertiary/aromatic N) is 3. The van der Waals surface area contributed by atoms with Gasteiger partial charge in [-0.05, 0) is 25.7 Å². The molecule has 1 aromatic rings. The third kappa shape index (κ3) is 3.12. The first-order valence-corrected chi connectivity index (χ1v) is 6.95. The maximum atomic E-state index is 4.74. The predicted molar refractivity (Wildman–Crippen MR) is 76.3 cm³/mol. The van der Waals surface area contributed by atoms with Crippen LogP contribution in [0.4, 0.5) is 11.6 Å². The van der Waals surface area contributed by atoms with Crippen LogP contribution in [0, 0.1) is 5.92 Å². The Bertz CT molecular complexity index is 399. The van der Waals surface area contributed by atoms with E-state index in [1.807, 2.05) is 7.05 Å². The van der Waals surface area contributed by atoms with Gasteiger partial charge >= 0.3 is 0 Å². The van der Waals surface area contributed by atoms with Crippen molar-refractivity contribution in [1.82, 2.24) is 9.97 Å². The molecule has 0 unspecified atom stereocenters. The zero-order valence-corrected chi connectivity index (χ0v) is 11.9. The van der Waals surface area contributed by atoms with Gasteiger partial charge in [0.1, 0.15) is 17.5 Å². The van der Waals surface area contributed by atoms with Crippen molar-refractivity contribution in [2.75, 3.05) is 30.4 Å². The second kappa shape index (κ2) is 5.55. The Morgan fingerprint density at radius 1 is 1.39 bits per heavy atom. The smallest absolute Gasteiger partial charge is 0.136 e. The highest BCUT2D eigenvalue weighted by molar-refractivity contribution is 5.49. The predicted octanol–water partition coefficient (Wildman–Crippen LogP) is 2.88. The van der Waals surface area contributed by atoms with Crippen molar-refractivity contribution in [3.8, 4) is 0 Å². The van der Waals surface area contributed by atoms with Crippen LogP contribution in [0.25, 0.3) is 0 Å². The van der Waals surface area contributed by atoms with Crippen molar-refractivity contribution in [1.29, 1.82) is 0 Å². The maximum absolute atomic E-state index is 4.74. The lowest BCUT2D eigenvalue weighted by Gasteiger charge is -2.24. The third-order valence-electron chi connectivity index (χ3n) is 3.22. The van der Waals surface area contributed by atoms with E-state index in [2.05, 4.69) is 42.0 Å². The summed E-state index contributed by atoms with van der Waals surface area (Å²) in [4.78, 5) is 11.6. The molecule has 100 valence electrons. The molecule has 18 heavy (non-hydrogen) atoms. The van der Waals surface area contributed by atoms with Crippen molar-refractivity contribution in [2.45, 2.75) is 39.5 Å². The van der Waals surface area contributed by atoms with Crippen LogP contribution in [-0.2, 0) is 0 Å². The molecule has 4 nitrogen and oxygen atoms in total. The molecule has 0 aliphatic heterocycles. The molecule has 1 fully saturated rings. The summed E-state index contributed by atoms with van der Waals surface area (Å²) >= 11 is 0. The summed E-state index contributed by atoms with van der Waals surface area (Å²) in [6.45, 7) is 8.69. The first kappa shape index (κ1) is 13.1. The van der Waals surface area contributed by atoms with E-state index in [0.717, 1.165) is 30.5 Å². The third-order valence-corrected chi connectivity index (χ3v) is 3.22. The van der Waals surface area contributed by atoms with E-state index in [1.54, 1.807) is 0 Å². The van der Waals surface area contributed by atoms with E-state index in [0.29, 0.717) is 11.8 Å². The average Bonchev–Trinajstić information content (AvgIpc) is 3.19. The van der Waals surface area contributed by atoms with Gasteiger partial charge in [-0.15, -0.1) is 0 Å². The fourth-order valence-electron chi connectivity index (χ4n) is 2.09. The van der Waals surface area contributed by atoms with Crippen LogP contribution in [0.15, 0.2) is 6.07 Å². The SMILES string of the molecule is CCN(CC(C)C)c1cc(NC)nc(C2CC2)n1. The van der Waals surface area contributed by atoms with Crippen molar-refractivity contribution in [3.63, 3.8) is 0 Å². The van der Waals surface area contributed by atoms with Gasteiger partial charge in [0.05, 0.1) is 0 Å². The topological polar surface area (TPSA) is 41.0 Å². The van der Waals surface area contributed by atoms with Crippen molar-refractivity contribution in [2.24, 2.45) is 5.92 Å². The lowest BCUT2D eigenvalue weighted by atomic mass is 10.2. The molecule has 2 rings (SSSR count). The van der Waals surface area contributed by atoms with Gasteiger partial charge in [0.2, 0.25) is 0 Å². The Morgan fingerprint density at radius 2 is 2.11 bits per heavy atom. The Morgan fingerprint density at radius 3 is 2.61 bits per heavy atom. The minimum Gasteiger partial charge on any atom is -0.373 e. The molecular weight excluding hydrogens is 224 g/mol. The van der Waals surface area contributed by atoms with Crippen molar-refractivity contribution >= 4 is 11.6 Å². The number of hydrogen-bond donors (Lipinski definition) is 1. The number of nitrogens with one attached hydrogen (secondary N) is 1. The summed E-state index contributed by atoms with van der Waals surface area (Å²) in [5, 5.41) is 3.14. The summed E-state index contributed by atoms with van der Waals surface area (Å²) in [6, 6.07) is 2.05. The Hall–Kier alpha value is -1.32. The van der Waals surface area contributed by atoms with E-state index >= 15 is 0 Å². The Kier molecular flexibility index (Phi) is 4.04. The standard InChI is InChI=1S/C14H24N4/c1-5-18(9-10(2)3)13-8-12(15-4)16-14(17-13)11-6-7-11/h8,10-11H,5-7,9H2,1-4H3,(H,15,16,17). The van der Waals surface area contributed by atoms with Crippen LogP contribution in [-0.4, -0.2) is 30.1 Å². The number of rotatable bonds is 6. The van der Waals surface area contributed by atoms with E-state index in [1.165, 1.54) is 12.8 Å². The van der Waals surface area contributed by atoms with Gasteiger partial charge in [0.25, 0.3) is 0 Å². The van der Waals surface area contributed by atoms with Gasteiger partial charge in [-0.2, -0.15) is 0 Å². The fourth-order valence-corrected chi connectivity index (χ4v) is 2.09. The summed E-state index contributed by atoms with van der Waals surface area (Å²) in [5.74, 6) is 4.24.